The number of hydrogen-bond donors (Lipinski definition) is 1. The lowest BCUT2D eigenvalue weighted by atomic mass is 9.85. The summed E-state index contributed by atoms with van der Waals surface area (Å²) in [7, 11) is 0. The molecule has 0 spiro atoms. The lowest BCUT2D eigenvalue weighted by molar-refractivity contribution is 0.496. The maximum Gasteiger partial charge on any atom is 0.0477 e. The first-order valence-electron chi connectivity index (χ1n) is 5.67. The minimum absolute atomic E-state index is 0.0190. The SMILES string of the molecule is C=C(C)N=C(/C=C(\N)C(C)(C)C)C(C)(C)C. The number of rotatable bonds is 2. The molecule has 0 amide bonds. The summed E-state index contributed by atoms with van der Waals surface area (Å²) in [4.78, 5) is 4.47. The van der Waals surface area contributed by atoms with Gasteiger partial charge in [0.25, 0.3) is 0 Å². The third-order valence-electron chi connectivity index (χ3n) is 2.24. The Bertz CT molecular complexity index is 320. The molecule has 16 heavy (non-hydrogen) atoms. The van der Waals surface area contributed by atoms with Gasteiger partial charge in [0.15, 0.2) is 0 Å². The summed E-state index contributed by atoms with van der Waals surface area (Å²) in [5.74, 6) is 0. The van der Waals surface area contributed by atoms with Crippen molar-refractivity contribution in [2.45, 2.75) is 48.5 Å². The van der Waals surface area contributed by atoms with Gasteiger partial charge in [-0.2, -0.15) is 0 Å². The maximum atomic E-state index is 6.07. The Morgan fingerprint density at radius 3 is 1.75 bits per heavy atom. The van der Waals surface area contributed by atoms with Crippen molar-refractivity contribution in [1.82, 2.24) is 0 Å². The van der Waals surface area contributed by atoms with Crippen LogP contribution in [0.15, 0.2) is 29.0 Å². The van der Waals surface area contributed by atoms with E-state index in [1.807, 2.05) is 13.0 Å². The molecular formula is C14H26N2. The van der Waals surface area contributed by atoms with Gasteiger partial charge in [0, 0.05) is 27.9 Å². The third kappa shape index (κ3) is 5.15. The van der Waals surface area contributed by atoms with E-state index < -0.39 is 0 Å². The Balaban J connectivity index is 5.36. The van der Waals surface area contributed by atoms with E-state index in [1.54, 1.807) is 0 Å². The van der Waals surface area contributed by atoms with Crippen LogP contribution in [0.1, 0.15) is 48.5 Å². The maximum absolute atomic E-state index is 6.07. The molecule has 0 aromatic rings. The molecule has 0 saturated carbocycles. The molecular weight excluding hydrogens is 196 g/mol. The van der Waals surface area contributed by atoms with Crippen LogP contribution in [0.5, 0.6) is 0 Å². The molecule has 0 aromatic heterocycles. The van der Waals surface area contributed by atoms with Crippen LogP contribution >= 0.6 is 0 Å². The Morgan fingerprint density at radius 2 is 1.50 bits per heavy atom. The van der Waals surface area contributed by atoms with Crippen molar-refractivity contribution < 1.29 is 0 Å². The molecule has 2 N–H and O–H groups in total. The van der Waals surface area contributed by atoms with E-state index in [0.29, 0.717) is 0 Å². The Morgan fingerprint density at radius 1 is 1.06 bits per heavy atom. The molecule has 0 bridgehead atoms. The normalized spacial score (nSPS) is 15.2. The largest absolute Gasteiger partial charge is 0.402 e. The molecule has 0 aliphatic heterocycles. The van der Waals surface area contributed by atoms with Crippen LogP contribution in [0.3, 0.4) is 0 Å². The molecule has 0 atom stereocenters. The van der Waals surface area contributed by atoms with E-state index in [9.17, 15) is 0 Å². The minimum atomic E-state index is -0.0267. The van der Waals surface area contributed by atoms with E-state index in [2.05, 4.69) is 53.1 Å². The second-order valence-corrected chi connectivity index (χ2v) is 6.33. The zero-order valence-corrected chi connectivity index (χ0v) is 11.8. The highest BCUT2D eigenvalue weighted by atomic mass is 14.8. The number of nitrogens with two attached hydrogens (primary N) is 1. The monoisotopic (exact) mass is 222 g/mol. The highest BCUT2D eigenvalue weighted by Gasteiger charge is 2.20. The van der Waals surface area contributed by atoms with Gasteiger partial charge < -0.3 is 5.73 Å². The van der Waals surface area contributed by atoms with Crippen LogP contribution in [0.25, 0.3) is 0 Å². The molecule has 2 heteroatoms. The summed E-state index contributed by atoms with van der Waals surface area (Å²) in [6.45, 7) is 18.4. The van der Waals surface area contributed by atoms with E-state index >= 15 is 0 Å². The first-order valence-corrected chi connectivity index (χ1v) is 5.67. The Labute approximate surface area is 100 Å². The fourth-order valence-corrected chi connectivity index (χ4v) is 0.986. The number of nitrogens with zero attached hydrogens (tertiary/aromatic N) is 1. The molecule has 0 rings (SSSR count). The summed E-state index contributed by atoms with van der Waals surface area (Å²) < 4.78 is 0. The number of hydrogen-bond acceptors (Lipinski definition) is 2. The van der Waals surface area contributed by atoms with Crippen molar-refractivity contribution in [3.63, 3.8) is 0 Å². The van der Waals surface area contributed by atoms with Gasteiger partial charge in [-0.15, -0.1) is 0 Å². The van der Waals surface area contributed by atoms with Crippen LogP contribution in [-0.2, 0) is 0 Å². The van der Waals surface area contributed by atoms with Crippen molar-refractivity contribution in [2.24, 2.45) is 21.6 Å². The van der Waals surface area contributed by atoms with E-state index in [0.717, 1.165) is 17.1 Å². The zero-order valence-electron chi connectivity index (χ0n) is 11.8. The molecule has 0 aliphatic rings. The van der Waals surface area contributed by atoms with Crippen molar-refractivity contribution in [2.75, 3.05) is 0 Å². The second kappa shape index (κ2) is 4.86. The predicted molar refractivity (Wildman–Crippen MR) is 73.4 cm³/mol. The van der Waals surface area contributed by atoms with E-state index in [4.69, 9.17) is 5.73 Å². The second-order valence-electron chi connectivity index (χ2n) is 6.33. The van der Waals surface area contributed by atoms with Gasteiger partial charge in [-0.3, -0.25) is 4.99 Å². The highest BCUT2D eigenvalue weighted by Crippen LogP contribution is 2.24. The van der Waals surface area contributed by atoms with Crippen LogP contribution in [-0.4, -0.2) is 5.71 Å². The standard InChI is InChI=1S/C14H26N2/c1-10(2)16-12(14(6,7)8)9-11(15)13(3,4)5/h9H,1,15H2,2-8H3/b11-9-,16-12?. The van der Waals surface area contributed by atoms with Gasteiger partial charge >= 0.3 is 0 Å². The molecule has 0 aromatic carbocycles. The molecule has 0 aliphatic carbocycles. The first-order chi connectivity index (χ1) is 6.94. The van der Waals surface area contributed by atoms with Crippen LogP contribution in [0.2, 0.25) is 0 Å². The minimum Gasteiger partial charge on any atom is -0.402 e. The van der Waals surface area contributed by atoms with Gasteiger partial charge in [0.2, 0.25) is 0 Å². The summed E-state index contributed by atoms with van der Waals surface area (Å²) in [5.41, 5.74) is 8.67. The molecule has 0 radical (unpaired) electrons. The summed E-state index contributed by atoms with van der Waals surface area (Å²) in [6.07, 6.45) is 1.98. The average Bonchev–Trinajstić information content (AvgIpc) is 1.98. The summed E-state index contributed by atoms with van der Waals surface area (Å²) >= 11 is 0. The van der Waals surface area contributed by atoms with Gasteiger partial charge in [-0.25, -0.2) is 0 Å². The van der Waals surface area contributed by atoms with Crippen LogP contribution in [0.4, 0.5) is 0 Å². The van der Waals surface area contributed by atoms with Gasteiger partial charge in [-0.1, -0.05) is 48.1 Å². The highest BCUT2D eigenvalue weighted by molar-refractivity contribution is 6.00. The molecule has 92 valence electrons. The molecule has 0 saturated heterocycles. The third-order valence-corrected chi connectivity index (χ3v) is 2.24. The van der Waals surface area contributed by atoms with Crippen molar-refractivity contribution in [3.8, 4) is 0 Å². The topological polar surface area (TPSA) is 38.4 Å². The smallest absolute Gasteiger partial charge is 0.0477 e. The predicted octanol–water partition coefficient (Wildman–Crippen LogP) is 3.90. The number of allylic oxidation sites excluding steroid dienone is 3. The Kier molecular flexibility index (Phi) is 4.54. The quantitative estimate of drug-likeness (QED) is 0.707. The van der Waals surface area contributed by atoms with Gasteiger partial charge in [-0.05, 0) is 13.0 Å². The molecule has 0 unspecified atom stereocenters. The van der Waals surface area contributed by atoms with Crippen molar-refractivity contribution in [3.05, 3.63) is 24.0 Å². The first kappa shape index (κ1) is 14.9. The van der Waals surface area contributed by atoms with Crippen molar-refractivity contribution in [1.29, 1.82) is 0 Å². The molecule has 2 nitrogen and oxygen atoms in total. The van der Waals surface area contributed by atoms with Crippen LogP contribution in [0, 0.1) is 10.8 Å². The molecule has 0 fully saturated rings. The zero-order chi connectivity index (χ0) is 13.1. The van der Waals surface area contributed by atoms with Crippen LogP contribution < -0.4 is 5.73 Å². The lowest BCUT2D eigenvalue weighted by Gasteiger charge is -2.24. The van der Waals surface area contributed by atoms with E-state index in [-0.39, 0.29) is 10.8 Å². The molecule has 0 heterocycles. The number of aliphatic imine (C=N–C) groups is 1. The lowest BCUT2D eigenvalue weighted by Crippen LogP contribution is -2.24. The van der Waals surface area contributed by atoms with Gasteiger partial charge in [0.05, 0.1) is 0 Å². The van der Waals surface area contributed by atoms with Crippen molar-refractivity contribution >= 4 is 5.71 Å². The Hall–Kier alpha value is -1.05. The fraction of sp³-hybridized carbons (Fsp3) is 0.643. The summed E-state index contributed by atoms with van der Waals surface area (Å²) in [6, 6.07) is 0. The van der Waals surface area contributed by atoms with E-state index in [1.165, 1.54) is 0 Å². The van der Waals surface area contributed by atoms with Gasteiger partial charge in [0.1, 0.15) is 0 Å². The fourth-order valence-electron chi connectivity index (χ4n) is 0.986. The summed E-state index contributed by atoms with van der Waals surface area (Å²) in [5, 5.41) is 0. The average molecular weight is 222 g/mol.